The predicted molar refractivity (Wildman–Crippen MR) is 130 cm³/mol. The predicted octanol–water partition coefficient (Wildman–Crippen LogP) is 6.60. The number of allylic oxidation sites excluding steroid dienone is 1. The lowest BCUT2D eigenvalue weighted by Gasteiger charge is -2.41. The summed E-state index contributed by atoms with van der Waals surface area (Å²) in [7, 11) is 0. The number of carboxylic acids is 1. The molecule has 0 unspecified atom stereocenters. The Bertz CT molecular complexity index is 923. The molecule has 1 aliphatic carbocycles. The first-order valence-corrected chi connectivity index (χ1v) is 12.2. The summed E-state index contributed by atoms with van der Waals surface area (Å²) in [6.07, 6.45) is 6.29. The monoisotopic (exact) mass is 459 g/mol. The fraction of sp³-hybridized carbons (Fsp3) is 0.630. The van der Waals surface area contributed by atoms with Crippen molar-refractivity contribution in [3.8, 4) is 0 Å². The van der Waals surface area contributed by atoms with E-state index in [0.717, 1.165) is 29.0 Å². The molecular formula is C27H38ClNO3. The number of hydrogen-bond acceptors (Lipinski definition) is 2. The summed E-state index contributed by atoms with van der Waals surface area (Å²) in [5, 5.41) is 10.2. The van der Waals surface area contributed by atoms with Crippen molar-refractivity contribution in [1.82, 2.24) is 4.90 Å². The van der Waals surface area contributed by atoms with Crippen molar-refractivity contribution < 1.29 is 14.7 Å². The molecule has 1 fully saturated rings. The number of carboxylic acid groups (broad SMARTS) is 1. The summed E-state index contributed by atoms with van der Waals surface area (Å²) in [5.74, 6) is -0.434. The van der Waals surface area contributed by atoms with E-state index in [4.69, 9.17) is 11.6 Å². The van der Waals surface area contributed by atoms with E-state index in [0.29, 0.717) is 32.2 Å². The van der Waals surface area contributed by atoms with Gasteiger partial charge in [0.05, 0.1) is 5.41 Å². The van der Waals surface area contributed by atoms with E-state index in [9.17, 15) is 14.7 Å². The molecule has 0 radical (unpaired) electrons. The zero-order chi connectivity index (χ0) is 23.9. The third-order valence-corrected chi connectivity index (χ3v) is 7.70. The second-order valence-corrected chi connectivity index (χ2v) is 11.9. The quantitative estimate of drug-likeness (QED) is 0.476. The lowest BCUT2D eigenvalue weighted by atomic mass is 9.68. The summed E-state index contributed by atoms with van der Waals surface area (Å²) in [6.45, 7) is 13.6. The number of aryl methyl sites for hydroxylation is 1. The van der Waals surface area contributed by atoms with Crippen LogP contribution in [0.15, 0.2) is 30.0 Å². The largest absolute Gasteiger partial charge is 0.481 e. The molecule has 32 heavy (non-hydrogen) atoms. The maximum Gasteiger partial charge on any atom is 0.309 e. The Kier molecular flexibility index (Phi) is 6.87. The number of carbonyl (C=O) groups excluding carboxylic acids is 1. The van der Waals surface area contributed by atoms with E-state index in [1.165, 1.54) is 5.57 Å². The van der Waals surface area contributed by atoms with Crippen LogP contribution in [0.1, 0.15) is 84.8 Å². The first kappa shape index (κ1) is 24.8. The Labute approximate surface area is 198 Å². The number of nitrogens with zero attached hydrogens (tertiary/aromatic N) is 1. The van der Waals surface area contributed by atoms with Crippen molar-refractivity contribution in [3.05, 3.63) is 46.1 Å². The van der Waals surface area contributed by atoms with Gasteiger partial charge in [0.1, 0.15) is 0 Å². The van der Waals surface area contributed by atoms with Crippen molar-refractivity contribution in [2.45, 2.75) is 85.5 Å². The molecule has 0 spiro atoms. The number of rotatable bonds is 8. The minimum Gasteiger partial charge on any atom is -0.481 e. The van der Waals surface area contributed by atoms with Gasteiger partial charge in [0, 0.05) is 29.6 Å². The van der Waals surface area contributed by atoms with Gasteiger partial charge in [-0.1, -0.05) is 65.3 Å². The van der Waals surface area contributed by atoms with E-state index in [1.54, 1.807) is 4.90 Å². The molecule has 1 heterocycles. The van der Waals surface area contributed by atoms with Crippen molar-refractivity contribution >= 4 is 23.5 Å². The highest BCUT2D eigenvalue weighted by Gasteiger charge is 2.50. The van der Waals surface area contributed by atoms with Crippen LogP contribution >= 0.6 is 11.6 Å². The van der Waals surface area contributed by atoms with Crippen LogP contribution in [0.4, 0.5) is 0 Å². The van der Waals surface area contributed by atoms with E-state index in [2.05, 4.69) is 53.7 Å². The molecule has 2 aliphatic rings. The fourth-order valence-corrected chi connectivity index (χ4v) is 5.07. The highest BCUT2D eigenvalue weighted by atomic mass is 35.5. The smallest absolute Gasteiger partial charge is 0.309 e. The van der Waals surface area contributed by atoms with Crippen LogP contribution in [0.2, 0.25) is 5.02 Å². The first-order valence-electron chi connectivity index (χ1n) is 11.8. The molecule has 1 aromatic rings. The second kappa shape index (κ2) is 8.85. The zero-order valence-electron chi connectivity index (χ0n) is 20.4. The number of benzene rings is 1. The van der Waals surface area contributed by atoms with Crippen LogP contribution in [-0.4, -0.2) is 28.4 Å². The summed E-state index contributed by atoms with van der Waals surface area (Å²) >= 11 is 6.70. The van der Waals surface area contributed by atoms with Gasteiger partial charge >= 0.3 is 5.97 Å². The number of aliphatic carboxylic acids is 1. The van der Waals surface area contributed by atoms with Gasteiger partial charge in [-0.2, -0.15) is 0 Å². The first-order chi connectivity index (χ1) is 14.8. The average molecular weight is 460 g/mol. The van der Waals surface area contributed by atoms with Gasteiger partial charge in [-0.05, 0) is 66.2 Å². The van der Waals surface area contributed by atoms with Crippen molar-refractivity contribution in [3.63, 3.8) is 0 Å². The summed E-state index contributed by atoms with van der Waals surface area (Å²) < 4.78 is 0. The van der Waals surface area contributed by atoms with Gasteiger partial charge in [-0.15, -0.1) is 0 Å². The van der Waals surface area contributed by atoms with Crippen LogP contribution in [0, 0.1) is 16.7 Å². The molecule has 1 saturated carbocycles. The number of carbonyl (C=O) groups is 2. The SMILES string of the molecule is CC(C)C1=CN(CCC2(C(=O)O)CC2)C(=O)C[C@]1(C)c1ccc(CCC(C)(C)C)c(Cl)c1. The second-order valence-electron chi connectivity index (χ2n) is 11.5. The van der Waals surface area contributed by atoms with Gasteiger partial charge in [0.25, 0.3) is 0 Å². The molecule has 1 aliphatic heterocycles. The van der Waals surface area contributed by atoms with Crippen LogP contribution in [0.5, 0.6) is 0 Å². The van der Waals surface area contributed by atoms with Gasteiger partial charge in [0.15, 0.2) is 0 Å². The van der Waals surface area contributed by atoms with Crippen molar-refractivity contribution in [1.29, 1.82) is 0 Å². The molecule has 176 valence electrons. The molecule has 1 amide bonds. The van der Waals surface area contributed by atoms with Crippen molar-refractivity contribution in [2.75, 3.05) is 6.54 Å². The Morgan fingerprint density at radius 1 is 1.25 bits per heavy atom. The zero-order valence-corrected chi connectivity index (χ0v) is 21.2. The van der Waals surface area contributed by atoms with E-state index < -0.39 is 16.8 Å². The van der Waals surface area contributed by atoms with Crippen LogP contribution in [0.25, 0.3) is 0 Å². The number of hydrogen-bond donors (Lipinski definition) is 1. The topological polar surface area (TPSA) is 57.6 Å². The summed E-state index contributed by atoms with van der Waals surface area (Å²) in [5.41, 5.74) is 2.62. The minimum atomic E-state index is -0.735. The van der Waals surface area contributed by atoms with Crippen molar-refractivity contribution in [2.24, 2.45) is 16.7 Å². The van der Waals surface area contributed by atoms with E-state index in [-0.39, 0.29) is 17.2 Å². The lowest BCUT2D eigenvalue weighted by Crippen LogP contribution is -2.43. The maximum absolute atomic E-state index is 13.1. The Morgan fingerprint density at radius 2 is 1.91 bits per heavy atom. The highest BCUT2D eigenvalue weighted by molar-refractivity contribution is 6.31. The average Bonchev–Trinajstić information content (AvgIpc) is 3.46. The minimum absolute atomic E-state index is 0.0472. The lowest BCUT2D eigenvalue weighted by molar-refractivity contribution is -0.144. The Hall–Kier alpha value is -1.81. The molecule has 0 aromatic heterocycles. The molecule has 4 nitrogen and oxygen atoms in total. The summed E-state index contributed by atoms with van der Waals surface area (Å²) in [6, 6.07) is 6.29. The summed E-state index contributed by atoms with van der Waals surface area (Å²) in [4.78, 5) is 26.4. The Morgan fingerprint density at radius 3 is 2.41 bits per heavy atom. The van der Waals surface area contributed by atoms with E-state index >= 15 is 0 Å². The molecular weight excluding hydrogens is 422 g/mol. The van der Waals surface area contributed by atoms with Crippen LogP contribution in [0.3, 0.4) is 0 Å². The van der Waals surface area contributed by atoms with E-state index in [1.807, 2.05) is 12.3 Å². The fourth-order valence-electron chi connectivity index (χ4n) is 4.79. The molecule has 1 atom stereocenters. The molecule has 0 saturated heterocycles. The van der Waals surface area contributed by atoms with Crippen LogP contribution < -0.4 is 0 Å². The van der Waals surface area contributed by atoms with Gasteiger partial charge < -0.3 is 10.0 Å². The molecule has 5 heteroatoms. The molecule has 3 rings (SSSR count). The molecule has 0 bridgehead atoms. The van der Waals surface area contributed by atoms with Crippen LogP contribution in [-0.2, 0) is 21.4 Å². The van der Waals surface area contributed by atoms with Gasteiger partial charge in [-0.25, -0.2) is 0 Å². The molecule has 1 aromatic carbocycles. The maximum atomic E-state index is 13.1. The third-order valence-electron chi connectivity index (χ3n) is 7.35. The third kappa shape index (κ3) is 5.22. The molecule has 1 N–H and O–H groups in total. The van der Waals surface area contributed by atoms with Gasteiger partial charge in [-0.3, -0.25) is 9.59 Å². The normalized spacial score (nSPS) is 22.8. The van der Waals surface area contributed by atoms with Gasteiger partial charge in [0.2, 0.25) is 5.91 Å². The number of halogens is 1. The number of amides is 1. The standard InChI is InChI=1S/C27H38ClNO3/c1-18(2)21-17-29(14-13-27(11-12-27)24(31)32)23(30)16-26(21,6)20-8-7-19(22(28)15-20)9-10-25(3,4)5/h7-8,15,17-18H,9-14,16H2,1-6H3,(H,31,32)/t26-/m1/s1. The highest BCUT2D eigenvalue weighted by Crippen LogP contribution is 2.50. The Balaban J connectivity index is 1.85.